The predicted octanol–water partition coefficient (Wildman–Crippen LogP) is 2.85. The first-order valence-corrected chi connectivity index (χ1v) is 7.81. The molecule has 7 nitrogen and oxygen atoms in total. The third kappa shape index (κ3) is 3.67. The highest BCUT2D eigenvalue weighted by molar-refractivity contribution is 5.92. The number of ether oxygens (including phenoxy) is 1. The summed E-state index contributed by atoms with van der Waals surface area (Å²) in [6, 6.07) is 5.28. The molecule has 2 heterocycles. The van der Waals surface area contributed by atoms with Crippen LogP contribution in [0.25, 0.3) is 0 Å². The second-order valence-electron chi connectivity index (χ2n) is 6.95. The van der Waals surface area contributed by atoms with E-state index in [4.69, 9.17) is 13.7 Å². The van der Waals surface area contributed by atoms with E-state index in [9.17, 15) is 9.59 Å². The summed E-state index contributed by atoms with van der Waals surface area (Å²) in [7, 11) is 0. The fourth-order valence-corrected chi connectivity index (χ4v) is 2.38. The minimum atomic E-state index is -0.463. The molecule has 0 radical (unpaired) electrons. The van der Waals surface area contributed by atoms with Crippen molar-refractivity contribution in [2.24, 2.45) is 5.92 Å². The Kier molecular flexibility index (Phi) is 4.17. The number of carbonyl (C=O) groups excluding carboxylic acids is 2. The van der Waals surface area contributed by atoms with Crippen LogP contribution < -0.4 is 5.32 Å². The zero-order valence-corrected chi connectivity index (χ0v) is 13.9. The van der Waals surface area contributed by atoms with Gasteiger partial charge in [-0.3, -0.25) is 14.9 Å². The molecule has 0 bridgehead atoms. The van der Waals surface area contributed by atoms with E-state index in [1.807, 2.05) is 26.8 Å². The third-order valence-electron chi connectivity index (χ3n) is 3.89. The van der Waals surface area contributed by atoms with Crippen molar-refractivity contribution in [3.05, 3.63) is 35.9 Å². The molecule has 2 aromatic heterocycles. The largest absolute Gasteiger partial charge is 0.469 e. The van der Waals surface area contributed by atoms with Crippen molar-refractivity contribution in [2.75, 3.05) is 11.9 Å². The van der Waals surface area contributed by atoms with Crippen LogP contribution in [0.3, 0.4) is 0 Å². The van der Waals surface area contributed by atoms with E-state index >= 15 is 0 Å². The summed E-state index contributed by atoms with van der Waals surface area (Å²) in [5.74, 6) is -0.0193. The quantitative estimate of drug-likeness (QED) is 0.846. The average molecular weight is 332 g/mol. The molecule has 1 aliphatic carbocycles. The van der Waals surface area contributed by atoms with Gasteiger partial charge in [-0.1, -0.05) is 25.9 Å². The van der Waals surface area contributed by atoms with Gasteiger partial charge in [0.2, 0.25) is 5.88 Å². The van der Waals surface area contributed by atoms with Crippen LogP contribution in [0.15, 0.2) is 33.4 Å². The molecule has 0 unspecified atom stereocenters. The van der Waals surface area contributed by atoms with Crippen LogP contribution in [-0.2, 0) is 19.7 Å². The molecule has 2 atom stereocenters. The van der Waals surface area contributed by atoms with Gasteiger partial charge in [-0.2, -0.15) is 0 Å². The molecule has 0 aliphatic heterocycles. The molecule has 3 rings (SSSR count). The van der Waals surface area contributed by atoms with Gasteiger partial charge in [0.05, 0.1) is 17.9 Å². The second-order valence-corrected chi connectivity index (χ2v) is 6.95. The maximum Gasteiger partial charge on any atom is 0.310 e. The molecule has 24 heavy (non-hydrogen) atoms. The molecule has 7 heteroatoms. The van der Waals surface area contributed by atoms with E-state index in [0.29, 0.717) is 6.42 Å². The number of carbonyl (C=O) groups is 2. The van der Waals surface area contributed by atoms with Gasteiger partial charge in [-0.05, 0) is 18.6 Å². The van der Waals surface area contributed by atoms with Crippen LogP contribution in [0.2, 0.25) is 0 Å². The second kappa shape index (κ2) is 6.14. The molecule has 1 aliphatic rings. The molecule has 0 aromatic carbocycles. The zero-order chi connectivity index (χ0) is 17.3. The Labute approximate surface area is 139 Å². The number of anilines is 1. The van der Waals surface area contributed by atoms with Crippen LogP contribution in [0, 0.1) is 5.92 Å². The number of hydrogen-bond acceptors (Lipinski definition) is 6. The van der Waals surface area contributed by atoms with E-state index in [-0.39, 0.29) is 35.7 Å². The molecular formula is C17H20N2O5. The van der Waals surface area contributed by atoms with E-state index in [1.165, 1.54) is 0 Å². The molecule has 1 fully saturated rings. The van der Waals surface area contributed by atoms with Gasteiger partial charge in [0, 0.05) is 17.4 Å². The number of nitrogens with zero attached hydrogens (tertiary/aromatic N) is 1. The highest BCUT2D eigenvalue weighted by Crippen LogP contribution is 2.48. The normalized spacial score (nSPS) is 19.8. The van der Waals surface area contributed by atoms with Gasteiger partial charge in [0.15, 0.2) is 6.61 Å². The summed E-state index contributed by atoms with van der Waals surface area (Å²) in [5, 5.41) is 6.43. The summed E-state index contributed by atoms with van der Waals surface area (Å²) in [5.41, 5.74) is 0.556. The van der Waals surface area contributed by atoms with Crippen molar-refractivity contribution in [3.8, 4) is 0 Å². The lowest BCUT2D eigenvalue weighted by Crippen LogP contribution is -2.21. The number of rotatable bonds is 5. The van der Waals surface area contributed by atoms with Crippen LogP contribution in [0.4, 0.5) is 5.88 Å². The number of esters is 1. The number of amides is 1. The minimum Gasteiger partial charge on any atom is -0.469 e. The van der Waals surface area contributed by atoms with Crippen LogP contribution in [-0.4, -0.2) is 23.6 Å². The average Bonchev–Trinajstić information content (AvgIpc) is 2.93. The van der Waals surface area contributed by atoms with Gasteiger partial charge < -0.3 is 13.7 Å². The van der Waals surface area contributed by atoms with E-state index in [2.05, 4.69) is 10.5 Å². The Bertz CT molecular complexity index is 726. The lowest BCUT2D eigenvalue weighted by atomic mass is 9.92. The van der Waals surface area contributed by atoms with Crippen molar-refractivity contribution in [2.45, 2.75) is 38.5 Å². The summed E-state index contributed by atoms with van der Waals surface area (Å²) in [6.45, 7) is 5.61. The van der Waals surface area contributed by atoms with Gasteiger partial charge in [-0.25, -0.2) is 0 Å². The fourth-order valence-electron chi connectivity index (χ4n) is 2.38. The summed E-state index contributed by atoms with van der Waals surface area (Å²) in [6.07, 6.45) is 2.26. The standard InChI is InChI=1S/C17H20N2O5/c1-17(2,3)13-8-15(24-19-13)18-14(20)9-23-16(21)11-7-10(11)12-5-4-6-22-12/h4-6,8,10-11H,7,9H2,1-3H3,(H,18,20)/t10-,11-/m1/s1. The molecule has 128 valence electrons. The third-order valence-corrected chi connectivity index (χ3v) is 3.89. The first-order chi connectivity index (χ1) is 11.3. The first kappa shape index (κ1) is 16.3. The van der Waals surface area contributed by atoms with Crippen molar-refractivity contribution >= 4 is 17.8 Å². The smallest absolute Gasteiger partial charge is 0.310 e. The Morgan fingerprint density at radius 2 is 2.21 bits per heavy atom. The molecule has 1 amide bonds. The molecule has 0 saturated heterocycles. The SMILES string of the molecule is CC(C)(C)c1cc(NC(=O)COC(=O)[C@@H]2C[C@H]2c2ccco2)on1. The molecule has 0 spiro atoms. The van der Waals surface area contributed by atoms with Crippen LogP contribution in [0.5, 0.6) is 0 Å². The van der Waals surface area contributed by atoms with E-state index in [0.717, 1.165) is 11.5 Å². The number of nitrogens with one attached hydrogen (secondary N) is 1. The summed E-state index contributed by atoms with van der Waals surface area (Å²) in [4.78, 5) is 23.8. The van der Waals surface area contributed by atoms with Crippen molar-refractivity contribution < 1.29 is 23.3 Å². The lowest BCUT2D eigenvalue weighted by Gasteiger charge is -2.12. The Balaban J connectivity index is 1.44. The van der Waals surface area contributed by atoms with E-state index < -0.39 is 5.91 Å². The van der Waals surface area contributed by atoms with E-state index in [1.54, 1.807) is 18.4 Å². The van der Waals surface area contributed by atoms with Crippen molar-refractivity contribution in [1.82, 2.24) is 5.16 Å². The fraction of sp³-hybridized carbons (Fsp3) is 0.471. The molecule has 1 saturated carbocycles. The number of furan rings is 1. The van der Waals surface area contributed by atoms with Crippen molar-refractivity contribution in [1.29, 1.82) is 0 Å². The highest BCUT2D eigenvalue weighted by atomic mass is 16.5. The van der Waals surface area contributed by atoms with Gasteiger partial charge >= 0.3 is 5.97 Å². The molecule has 2 aromatic rings. The molecule has 1 N–H and O–H groups in total. The molecular weight excluding hydrogens is 312 g/mol. The maximum atomic E-state index is 11.9. The topological polar surface area (TPSA) is 94.6 Å². The predicted molar refractivity (Wildman–Crippen MR) is 84.3 cm³/mol. The number of hydrogen-bond donors (Lipinski definition) is 1. The Morgan fingerprint density at radius 3 is 2.83 bits per heavy atom. The highest BCUT2D eigenvalue weighted by Gasteiger charge is 2.47. The Hall–Kier alpha value is -2.57. The summed E-state index contributed by atoms with van der Waals surface area (Å²) < 4.78 is 15.4. The van der Waals surface area contributed by atoms with Gasteiger partial charge in [0.25, 0.3) is 5.91 Å². The summed E-state index contributed by atoms with van der Waals surface area (Å²) >= 11 is 0. The van der Waals surface area contributed by atoms with Gasteiger partial charge in [-0.15, -0.1) is 0 Å². The van der Waals surface area contributed by atoms with Crippen molar-refractivity contribution in [3.63, 3.8) is 0 Å². The Morgan fingerprint density at radius 1 is 1.42 bits per heavy atom. The van der Waals surface area contributed by atoms with Crippen LogP contribution in [0.1, 0.15) is 44.6 Å². The van der Waals surface area contributed by atoms with Gasteiger partial charge in [0.1, 0.15) is 5.76 Å². The minimum absolute atomic E-state index is 0.0548. The maximum absolute atomic E-state index is 11.9. The first-order valence-electron chi connectivity index (χ1n) is 7.81. The lowest BCUT2D eigenvalue weighted by molar-refractivity contribution is -0.148. The number of aromatic nitrogens is 1. The monoisotopic (exact) mass is 332 g/mol. The zero-order valence-electron chi connectivity index (χ0n) is 13.9. The van der Waals surface area contributed by atoms with Crippen LogP contribution >= 0.6 is 0 Å².